The highest BCUT2D eigenvalue weighted by Crippen LogP contribution is 2.54. The normalized spacial score (nSPS) is 19.8. The average Bonchev–Trinajstić information content (AvgIpc) is 2.31. The first-order valence-corrected chi connectivity index (χ1v) is 6.59. The molecule has 0 atom stereocenters. The summed E-state index contributed by atoms with van der Waals surface area (Å²) in [5.41, 5.74) is 2.35. The Labute approximate surface area is 114 Å². The summed E-state index contributed by atoms with van der Waals surface area (Å²) >= 11 is 0. The highest BCUT2D eigenvalue weighted by atomic mass is 16.5. The van der Waals surface area contributed by atoms with Crippen molar-refractivity contribution in [2.24, 2.45) is 5.41 Å². The number of carbonyl (C=O) groups excluding carboxylic acids is 1. The Morgan fingerprint density at radius 1 is 0.895 bits per heavy atom. The standard InChI is InChI=1S/C16H22O3/c1-8-9(2)13-11(10(3)12(8)17)15(4,5)16(6,7)14(18)19-13/h17H,1-7H3. The SMILES string of the molecule is Cc1c(C)c2c(c(C)c1O)C(C)(C)C(C)(C)C(=O)O2. The molecule has 0 aromatic heterocycles. The fourth-order valence-electron chi connectivity index (χ4n) is 2.77. The molecule has 1 heterocycles. The number of ether oxygens (including phenoxy) is 1. The van der Waals surface area contributed by atoms with Crippen LogP contribution in [0.3, 0.4) is 0 Å². The van der Waals surface area contributed by atoms with E-state index in [1.165, 1.54) is 0 Å². The van der Waals surface area contributed by atoms with Gasteiger partial charge in [-0.05, 0) is 51.3 Å². The second-order valence-corrected chi connectivity index (χ2v) is 6.57. The monoisotopic (exact) mass is 262 g/mol. The molecule has 19 heavy (non-hydrogen) atoms. The lowest BCUT2D eigenvalue weighted by Gasteiger charge is -2.45. The van der Waals surface area contributed by atoms with Crippen molar-refractivity contribution in [3.05, 3.63) is 22.3 Å². The number of fused-ring (bicyclic) bond motifs is 1. The third-order valence-corrected chi connectivity index (χ3v) is 5.11. The molecule has 1 aromatic carbocycles. The number of phenols is 1. The van der Waals surface area contributed by atoms with Crippen molar-refractivity contribution in [2.45, 2.75) is 53.9 Å². The van der Waals surface area contributed by atoms with Crippen LogP contribution in [0.2, 0.25) is 0 Å². The third-order valence-electron chi connectivity index (χ3n) is 5.11. The van der Waals surface area contributed by atoms with Crippen molar-refractivity contribution in [3.8, 4) is 11.5 Å². The van der Waals surface area contributed by atoms with Crippen molar-refractivity contribution < 1.29 is 14.6 Å². The lowest BCUT2D eigenvalue weighted by molar-refractivity contribution is -0.150. The number of esters is 1. The van der Waals surface area contributed by atoms with E-state index in [0.29, 0.717) is 11.5 Å². The highest BCUT2D eigenvalue weighted by Gasteiger charge is 2.52. The summed E-state index contributed by atoms with van der Waals surface area (Å²) in [6.45, 7) is 13.5. The number of rotatable bonds is 0. The number of hydrogen-bond donors (Lipinski definition) is 1. The second-order valence-electron chi connectivity index (χ2n) is 6.57. The maximum Gasteiger partial charge on any atom is 0.317 e. The molecule has 104 valence electrons. The van der Waals surface area contributed by atoms with E-state index in [9.17, 15) is 9.90 Å². The molecule has 1 N–H and O–H groups in total. The van der Waals surface area contributed by atoms with E-state index in [1.54, 1.807) is 0 Å². The number of hydrogen-bond acceptors (Lipinski definition) is 3. The third kappa shape index (κ3) is 1.54. The van der Waals surface area contributed by atoms with Gasteiger partial charge in [0, 0.05) is 11.0 Å². The van der Waals surface area contributed by atoms with Gasteiger partial charge >= 0.3 is 5.97 Å². The molecule has 3 heteroatoms. The van der Waals surface area contributed by atoms with Gasteiger partial charge in [0.15, 0.2) is 0 Å². The van der Waals surface area contributed by atoms with E-state index in [1.807, 2.05) is 48.5 Å². The Bertz CT molecular complexity index is 580. The Morgan fingerprint density at radius 2 is 1.42 bits per heavy atom. The Morgan fingerprint density at radius 3 is 1.95 bits per heavy atom. The molecular weight excluding hydrogens is 240 g/mol. The van der Waals surface area contributed by atoms with E-state index in [0.717, 1.165) is 22.3 Å². The van der Waals surface area contributed by atoms with E-state index in [2.05, 4.69) is 0 Å². The van der Waals surface area contributed by atoms with Crippen LogP contribution in [-0.4, -0.2) is 11.1 Å². The van der Waals surface area contributed by atoms with Gasteiger partial charge in [0.2, 0.25) is 0 Å². The zero-order chi connectivity index (χ0) is 14.7. The van der Waals surface area contributed by atoms with Gasteiger partial charge in [-0.1, -0.05) is 13.8 Å². The van der Waals surface area contributed by atoms with Crippen LogP contribution in [0.25, 0.3) is 0 Å². The van der Waals surface area contributed by atoms with Gasteiger partial charge in [0.25, 0.3) is 0 Å². The van der Waals surface area contributed by atoms with Gasteiger partial charge in [0.1, 0.15) is 11.5 Å². The van der Waals surface area contributed by atoms with Gasteiger partial charge in [-0.2, -0.15) is 0 Å². The molecule has 2 rings (SSSR count). The predicted molar refractivity (Wildman–Crippen MR) is 74.8 cm³/mol. The van der Waals surface area contributed by atoms with E-state index < -0.39 is 10.8 Å². The van der Waals surface area contributed by atoms with Crippen LogP contribution in [0, 0.1) is 26.2 Å². The summed E-state index contributed by atoms with van der Waals surface area (Å²) in [6, 6.07) is 0. The molecule has 0 spiro atoms. The molecular formula is C16H22O3. The molecule has 0 bridgehead atoms. The molecule has 0 amide bonds. The van der Waals surface area contributed by atoms with Crippen LogP contribution >= 0.6 is 0 Å². The number of phenolic OH excluding ortho intramolecular Hbond substituents is 1. The fourth-order valence-corrected chi connectivity index (χ4v) is 2.77. The molecule has 0 saturated heterocycles. The minimum absolute atomic E-state index is 0.211. The molecule has 0 unspecified atom stereocenters. The molecule has 0 radical (unpaired) electrons. The zero-order valence-corrected chi connectivity index (χ0v) is 12.8. The first-order chi connectivity index (χ1) is 8.53. The van der Waals surface area contributed by atoms with E-state index in [-0.39, 0.29) is 5.97 Å². The molecule has 1 aliphatic heterocycles. The summed E-state index contributed by atoms with van der Waals surface area (Å²) in [5, 5.41) is 10.3. The van der Waals surface area contributed by atoms with Crippen LogP contribution in [0.4, 0.5) is 0 Å². The van der Waals surface area contributed by atoms with Crippen molar-refractivity contribution >= 4 is 5.97 Å². The Balaban J connectivity index is 2.91. The van der Waals surface area contributed by atoms with Crippen LogP contribution in [-0.2, 0) is 10.2 Å². The first kappa shape index (κ1) is 13.9. The fraction of sp³-hybridized carbons (Fsp3) is 0.562. The summed E-state index contributed by atoms with van der Waals surface area (Å²) in [7, 11) is 0. The maximum atomic E-state index is 12.3. The summed E-state index contributed by atoms with van der Waals surface area (Å²) in [5.74, 6) is 0.720. The van der Waals surface area contributed by atoms with Crippen LogP contribution in [0.5, 0.6) is 11.5 Å². The lowest BCUT2D eigenvalue weighted by atomic mass is 9.61. The van der Waals surface area contributed by atoms with Crippen molar-refractivity contribution in [1.29, 1.82) is 0 Å². The molecule has 1 aromatic rings. The van der Waals surface area contributed by atoms with Gasteiger partial charge in [0.05, 0.1) is 5.41 Å². The Kier molecular flexibility index (Phi) is 2.74. The van der Waals surface area contributed by atoms with Crippen LogP contribution in [0.1, 0.15) is 49.9 Å². The van der Waals surface area contributed by atoms with Crippen LogP contribution in [0.15, 0.2) is 0 Å². The summed E-state index contributed by atoms with van der Waals surface area (Å²) < 4.78 is 5.58. The molecule has 1 aliphatic rings. The number of carbonyl (C=O) groups is 1. The molecule has 3 nitrogen and oxygen atoms in total. The minimum Gasteiger partial charge on any atom is -0.507 e. The van der Waals surface area contributed by atoms with Crippen molar-refractivity contribution in [2.75, 3.05) is 0 Å². The van der Waals surface area contributed by atoms with Crippen molar-refractivity contribution in [1.82, 2.24) is 0 Å². The quantitative estimate of drug-likeness (QED) is 0.574. The zero-order valence-electron chi connectivity index (χ0n) is 12.8. The molecule has 0 fully saturated rings. The largest absolute Gasteiger partial charge is 0.507 e. The smallest absolute Gasteiger partial charge is 0.317 e. The molecule has 0 saturated carbocycles. The first-order valence-electron chi connectivity index (χ1n) is 6.59. The lowest BCUT2D eigenvalue weighted by Crippen LogP contribution is -2.49. The predicted octanol–water partition coefficient (Wildman–Crippen LogP) is 3.54. The maximum absolute atomic E-state index is 12.3. The second kappa shape index (κ2) is 3.75. The van der Waals surface area contributed by atoms with Gasteiger partial charge in [-0.3, -0.25) is 4.79 Å². The van der Waals surface area contributed by atoms with E-state index >= 15 is 0 Å². The van der Waals surface area contributed by atoms with Crippen LogP contribution < -0.4 is 4.74 Å². The highest BCUT2D eigenvalue weighted by molar-refractivity contribution is 5.85. The summed E-state index contributed by atoms with van der Waals surface area (Å²) in [4.78, 5) is 12.3. The number of aromatic hydroxyl groups is 1. The molecule has 0 aliphatic carbocycles. The summed E-state index contributed by atoms with van der Waals surface area (Å²) in [6.07, 6.45) is 0. The van der Waals surface area contributed by atoms with Gasteiger partial charge in [-0.15, -0.1) is 0 Å². The average molecular weight is 262 g/mol. The van der Waals surface area contributed by atoms with Crippen molar-refractivity contribution in [3.63, 3.8) is 0 Å². The van der Waals surface area contributed by atoms with E-state index in [4.69, 9.17) is 4.74 Å². The Hall–Kier alpha value is -1.51. The number of benzene rings is 1. The van der Waals surface area contributed by atoms with Gasteiger partial charge < -0.3 is 9.84 Å². The van der Waals surface area contributed by atoms with Gasteiger partial charge in [-0.25, -0.2) is 0 Å². The minimum atomic E-state index is -0.626. The topological polar surface area (TPSA) is 46.5 Å².